The first-order valence-electron chi connectivity index (χ1n) is 8.09. The molecule has 1 aromatic heterocycles. The van der Waals surface area contributed by atoms with Gasteiger partial charge in [0.25, 0.3) is 0 Å². The second kappa shape index (κ2) is 7.13. The summed E-state index contributed by atoms with van der Waals surface area (Å²) >= 11 is 5.95. The lowest BCUT2D eigenvalue weighted by Gasteiger charge is -2.12. The maximum Gasteiger partial charge on any atom is 0.414 e. The van der Waals surface area contributed by atoms with E-state index >= 15 is 0 Å². The van der Waals surface area contributed by atoms with Crippen molar-refractivity contribution >= 4 is 29.4 Å². The molecule has 0 spiro atoms. The van der Waals surface area contributed by atoms with E-state index in [-0.39, 0.29) is 5.69 Å². The van der Waals surface area contributed by atoms with Crippen molar-refractivity contribution in [2.45, 2.75) is 0 Å². The summed E-state index contributed by atoms with van der Waals surface area (Å²) in [5, 5.41) is 4.30. The molecular weight excluding hydrogens is 372 g/mol. The summed E-state index contributed by atoms with van der Waals surface area (Å²) in [4.78, 5) is 25.3. The fourth-order valence-corrected chi connectivity index (χ4v) is 2.82. The third-order valence-electron chi connectivity index (χ3n) is 3.95. The molecule has 4 rings (SSSR count). The number of aromatic nitrogens is 1. The van der Waals surface area contributed by atoms with Gasteiger partial charge in [0.15, 0.2) is 11.5 Å². The number of hydrogen-bond donors (Lipinski definition) is 0. The van der Waals surface area contributed by atoms with E-state index in [0.717, 1.165) is 0 Å². The van der Waals surface area contributed by atoms with Crippen LogP contribution in [0.15, 0.2) is 59.1 Å². The molecule has 0 bridgehead atoms. The summed E-state index contributed by atoms with van der Waals surface area (Å²) in [6.45, 7) is 0.847. The number of halogens is 1. The van der Waals surface area contributed by atoms with Gasteiger partial charge in [0.2, 0.25) is 0 Å². The van der Waals surface area contributed by atoms with E-state index in [1.165, 1.54) is 11.0 Å². The molecule has 8 heteroatoms. The molecule has 27 heavy (non-hydrogen) atoms. The predicted octanol–water partition coefficient (Wildman–Crippen LogP) is 4.17. The molecular formula is C19H13ClN2O5. The average molecular weight is 385 g/mol. The molecule has 3 aromatic rings. The first-order chi connectivity index (χ1) is 13.1. The van der Waals surface area contributed by atoms with Crippen LogP contribution in [0, 0.1) is 0 Å². The van der Waals surface area contributed by atoms with Gasteiger partial charge >= 0.3 is 12.1 Å². The Hall–Kier alpha value is -3.32. The first-order valence-corrected chi connectivity index (χ1v) is 8.47. The van der Waals surface area contributed by atoms with E-state index in [4.69, 9.17) is 25.6 Å². The molecule has 136 valence electrons. The first kappa shape index (κ1) is 17.1. The second-order valence-corrected chi connectivity index (χ2v) is 6.17. The van der Waals surface area contributed by atoms with Crippen LogP contribution >= 0.6 is 11.6 Å². The summed E-state index contributed by atoms with van der Waals surface area (Å²) < 4.78 is 15.4. The summed E-state index contributed by atoms with van der Waals surface area (Å²) in [6, 6.07) is 15.0. The van der Waals surface area contributed by atoms with Crippen LogP contribution < -0.4 is 9.64 Å². The van der Waals surface area contributed by atoms with Gasteiger partial charge in [-0.25, -0.2) is 9.59 Å². The van der Waals surface area contributed by atoms with Crippen LogP contribution in [-0.2, 0) is 4.74 Å². The van der Waals surface area contributed by atoms with Crippen molar-refractivity contribution in [2.75, 3.05) is 18.1 Å². The Bertz CT molecular complexity index is 999. The van der Waals surface area contributed by atoms with Gasteiger partial charge in [-0.1, -0.05) is 28.9 Å². The minimum Gasteiger partial charge on any atom is -0.447 e. The van der Waals surface area contributed by atoms with Crippen molar-refractivity contribution in [3.05, 3.63) is 65.3 Å². The number of amides is 1. The molecule has 0 unspecified atom stereocenters. The maximum atomic E-state index is 12.3. The zero-order valence-electron chi connectivity index (χ0n) is 13.9. The molecule has 1 fully saturated rings. The Morgan fingerprint density at radius 1 is 1.15 bits per heavy atom. The number of carbonyl (C=O) groups is 2. The van der Waals surface area contributed by atoms with Crippen LogP contribution in [0.1, 0.15) is 10.5 Å². The highest BCUT2D eigenvalue weighted by atomic mass is 35.5. The molecule has 0 radical (unpaired) electrons. The number of cyclic esters (lactones) is 1. The monoisotopic (exact) mass is 384 g/mol. The molecule has 0 N–H and O–H groups in total. The molecule has 1 aliphatic heterocycles. The standard InChI is InChI=1S/C19H13ClN2O5/c20-13-3-1-2-12(10-13)17-11-16(21-27-17)18(23)26-15-6-4-14(5-7-15)22-8-9-25-19(22)24/h1-7,10-11H,8-9H2. The number of rotatable bonds is 4. The van der Waals surface area contributed by atoms with E-state index < -0.39 is 12.1 Å². The predicted molar refractivity (Wildman–Crippen MR) is 97.0 cm³/mol. The van der Waals surface area contributed by atoms with Crippen molar-refractivity contribution < 1.29 is 23.6 Å². The van der Waals surface area contributed by atoms with Crippen molar-refractivity contribution in [1.82, 2.24) is 5.16 Å². The normalized spacial score (nSPS) is 13.5. The van der Waals surface area contributed by atoms with Crippen molar-refractivity contribution in [2.24, 2.45) is 0 Å². The van der Waals surface area contributed by atoms with Gasteiger partial charge in [0.1, 0.15) is 12.4 Å². The SMILES string of the molecule is O=C(Oc1ccc(N2CCOC2=O)cc1)c1cc(-c2cccc(Cl)c2)on1. The summed E-state index contributed by atoms with van der Waals surface area (Å²) in [5.74, 6) is 0.0799. The summed E-state index contributed by atoms with van der Waals surface area (Å²) in [7, 11) is 0. The lowest BCUT2D eigenvalue weighted by atomic mass is 10.1. The molecule has 2 aromatic carbocycles. The fraction of sp³-hybridized carbons (Fsp3) is 0.105. The van der Waals surface area contributed by atoms with E-state index in [1.54, 1.807) is 48.5 Å². The van der Waals surface area contributed by atoms with Gasteiger partial charge < -0.3 is 14.0 Å². The Balaban J connectivity index is 1.45. The van der Waals surface area contributed by atoms with Gasteiger partial charge in [0, 0.05) is 22.3 Å². The molecule has 1 saturated heterocycles. The fourth-order valence-electron chi connectivity index (χ4n) is 2.63. The Kier molecular flexibility index (Phi) is 4.52. The number of anilines is 1. The van der Waals surface area contributed by atoms with Gasteiger partial charge in [-0.05, 0) is 36.4 Å². The lowest BCUT2D eigenvalue weighted by molar-refractivity contribution is 0.0724. The van der Waals surface area contributed by atoms with Gasteiger partial charge in [-0.15, -0.1) is 0 Å². The number of esters is 1. The minimum atomic E-state index is -0.652. The van der Waals surface area contributed by atoms with E-state index in [0.29, 0.717) is 40.9 Å². The van der Waals surface area contributed by atoms with Crippen LogP contribution in [0.5, 0.6) is 5.75 Å². The van der Waals surface area contributed by atoms with Gasteiger partial charge in [-0.3, -0.25) is 4.90 Å². The van der Waals surface area contributed by atoms with Crippen molar-refractivity contribution in [1.29, 1.82) is 0 Å². The topological polar surface area (TPSA) is 81.9 Å². The highest BCUT2D eigenvalue weighted by Crippen LogP contribution is 2.25. The molecule has 1 amide bonds. The molecule has 2 heterocycles. The van der Waals surface area contributed by atoms with Crippen LogP contribution in [0.4, 0.5) is 10.5 Å². The van der Waals surface area contributed by atoms with Gasteiger partial charge in [-0.2, -0.15) is 0 Å². The number of benzene rings is 2. The largest absolute Gasteiger partial charge is 0.447 e. The van der Waals surface area contributed by atoms with Crippen molar-refractivity contribution in [3.63, 3.8) is 0 Å². The molecule has 0 saturated carbocycles. The average Bonchev–Trinajstić information content (AvgIpc) is 3.32. The van der Waals surface area contributed by atoms with Crippen molar-refractivity contribution in [3.8, 4) is 17.1 Å². The number of carbonyl (C=O) groups excluding carboxylic acids is 2. The summed E-state index contributed by atoms with van der Waals surface area (Å²) in [6.07, 6.45) is -0.393. The number of hydrogen-bond acceptors (Lipinski definition) is 6. The molecule has 0 atom stereocenters. The van der Waals surface area contributed by atoms with Crippen LogP contribution in [0.3, 0.4) is 0 Å². The molecule has 1 aliphatic rings. The van der Waals surface area contributed by atoms with E-state index in [9.17, 15) is 9.59 Å². The summed E-state index contributed by atoms with van der Waals surface area (Å²) in [5.41, 5.74) is 1.41. The smallest absolute Gasteiger partial charge is 0.414 e. The molecule has 7 nitrogen and oxygen atoms in total. The number of nitrogens with zero attached hydrogens (tertiary/aromatic N) is 2. The lowest BCUT2D eigenvalue weighted by Crippen LogP contribution is -2.23. The third kappa shape index (κ3) is 3.63. The Labute approximate surface area is 159 Å². The Morgan fingerprint density at radius 3 is 2.67 bits per heavy atom. The van der Waals surface area contributed by atoms with E-state index in [2.05, 4.69) is 5.16 Å². The van der Waals surface area contributed by atoms with Crippen LogP contribution in [0.2, 0.25) is 5.02 Å². The molecule has 0 aliphatic carbocycles. The third-order valence-corrected chi connectivity index (χ3v) is 4.18. The van der Waals surface area contributed by atoms with Crippen LogP contribution in [0.25, 0.3) is 11.3 Å². The minimum absolute atomic E-state index is 0.0390. The number of ether oxygens (including phenoxy) is 2. The second-order valence-electron chi connectivity index (χ2n) is 5.74. The highest BCUT2D eigenvalue weighted by Gasteiger charge is 2.23. The maximum absolute atomic E-state index is 12.3. The zero-order chi connectivity index (χ0) is 18.8. The quantitative estimate of drug-likeness (QED) is 0.496. The highest BCUT2D eigenvalue weighted by molar-refractivity contribution is 6.30. The van der Waals surface area contributed by atoms with E-state index in [1.807, 2.05) is 0 Å². The zero-order valence-corrected chi connectivity index (χ0v) is 14.7. The van der Waals surface area contributed by atoms with Gasteiger partial charge in [0.05, 0.1) is 6.54 Å². The van der Waals surface area contributed by atoms with Crippen LogP contribution in [-0.4, -0.2) is 30.4 Å². The Morgan fingerprint density at radius 2 is 1.96 bits per heavy atom.